The number of amides is 1. The Bertz CT molecular complexity index is 1040. The van der Waals surface area contributed by atoms with Crippen molar-refractivity contribution in [2.24, 2.45) is 0 Å². The molecule has 1 aromatic carbocycles. The Labute approximate surface area is 153 Å². The summed E-state index contributed by atoms with van der Waals surface area (Å²) in [7, 11) is 1.61. The van der Waals surface area contributed by atoms with E-state index >= 15 is 0 Å². The molecular formula is C18H17N3O4S. The van der Waals surface area contributed by atoms with Gasteiger partial charge in [-0.2, -0.15) is 0 Å². The molecule has 2 heterocycles. The number of fused-ring (bicyclic) bond motifs is 1. The number of nitrogens with one attached hydrogen (secondary N) is 1. The molecule has 0 radical (unpaired) electrons. The molecule has 2 aromatic heterocycles. The highest BCUT2D eigenvalue weighted by Gasteiger charge is 2.21. The SMILES string of the molecule is Cc1nc2sc(C(=O)OCC(=O)N(C)c3ccccc3)c(C)c2c(=O)[nH]1. The van der Waals surface area contributed by atoms with Crippen LogP contribution in [0.4, 0.5) is 5.69 Å². The first kappa shape index (κ1) is 17.8. The van der Waals surface area contributed by atoms with Gasteiger partial charge >= 0.3 is 5.97 Å². The van der Waals surface area contributed by atoms with Crippen molar-refractivity contribution in [3.63, 3.8) is 0 Å². The standard InChI is InChI=1S/C18H17N3O4S/c1-10-14-16(23)19-11(2)20-17(14)26-15(10)18(24)25-9-13(22)21(3)12-7-5-4-6-8-12/h4-8H,9H2,1-3H3,(H,19,20,23). The van der Waals surface area contributed by atoms with E-state index in [0.29, 0.717) is 27.3 Å². The number of hydrogen-bond acceptors (Lipinski definition) is 6. The van der Waals surface area contributed by atoms with Crippen LogP contribution in [-0.2, 0) is 9.53 Å². The number of H-pyrrole nitrogens is 1. The van der Waals surface area contributed by atoms with Crippen molar-refractivity contribution < 1.29 is 14.3 Å². The van der Waals surface area contributed by atoms with E-state index in [-0.39, 0.29) is 23.0 Å². The molecule has 0 unspecified atom stereocenters. The van der Waals surface area contributed by atoms with E-state index in [9.17, 15) is 14.4 Å². The Hall–Kier alpha value is -3.00. The van der Waals surface area contributed by atoms with E-state index in [1.165, 1.54) is 4.90 Å². The predicted molar refractivity (Wildman–Crippen MR) is 99.8 cm³/mol. The molecule has 0 saturated heterocycles. The van der Waals surface area contributed by atoms with E-state index in [0.717, 1.165) is 11.3 Å². The van der Waals surface area contributed by atoms with Crippen molar-refractivity contribution in [3.05, 3.63) is 57.0 Å². The highest BCUT2D eigenvalue weighted by Crippen LogP contribution is 2.27. The first-order valence-electron chi connectivity index (χ1n) is 7.87. The first-order valence-corrected chi connectivity index (χ1v) is 8.69. The highest BCUT2D eigenvalue weighted by atomic mass is 32.1. The van der Waals surface area contributed by atoms with Gasteiger partial charge in [0.2, 0.25) is 0 Å². The van der Waals surface area contributed by atoms with Gasteiger partial charge in [0.15, 0.2) is 6.61 Å². The zero-order valence-corrected chi connectivity index (χ0v) is 15.3. The Morgan fingerprint density at radius 2 is 1.92 bits per heavy atom. The van der Waals surface area contributed by atoms with Crippen LogP contribution in [0.5, 0.6) is 0 Å². The molecule has 3 aromatic rings. The van der Waals surface area contributed by atoms with Crippen molar-refractivity contribution in [1.29, 1.82) is 0 Å². The summed E-state index contributed by atoms with van der Waals surface area (Å²) in [5.74, 6) is -0.518. The number of aryl methyl sites for hydroxylation is 2. The van der Waals surface area contributed by atoms with Crippen LogP contribution in [0.15, 0.2) is 35.1 Å². The van der Waals surface area contributed by atoms with Crippen LogP contribution in [0.1, 0.15) is 21.1 Å². The Balaban J connectivity index is 1.76. The van der Waals surface area contributed by atoms with E-state index in [1.54, 1.807) is 33.0 Å². The zero-order chi connectivity index (χ0) is 18.8. The number of anilines is 1. The van der Waals surface area contributed by atoms with E-state index < -0.39 is 5.97 Å². The molecule has 1 amide bonds. The molecule has 0 saturated carbocycles. The molecule has 3 rings (SSSR count). The smallest absolute Gasteiger partial charge is 0.349 e. The van der Waals surface area contributed by atoms with Crippen molar-refractivity contribution in [2.75, 3.05) is 18.6 Å². The van der Waals surface area contributed by atoms with E-state index in [2.05, 4.69) is 9.97 Å². The normalized spacial score (nSPS) is 10.7. The molecule has 0 aliphatic carbocycles. The van der Waals surface area contributed by atoms with Crippen LogP contribution in [0.2, 0.25) is 0 Å². The van der Waals surface area contributed by atoms with Gasteiger partial charge in [0, 0.05) is 12.7 Å². The second-order valence-corrected chi connectivity index (χ2v) is 6.75. The number of thiophene rings is 1. The van der Waals surface area contributed by atoms with Crippen LogP contribution >= 0.6 is 11.3 Å². The van der Waals surface area contributed by atoms with Crippen molar-refractivity contribution >= 4 is 39.1 Å². The molecule has 134 valence electrons. The molecule has 0 aliphatic rings. The number of ether oxygens (including phenoxy) is 1. The minimum Gasteiger partial charge on any atom is -0.451 e. The number of carbonyl (C=O) groups is 2. The lowest BCUT2D eigenvalue weighted by Gasteiger charge is -2.16. The molecule has 0 atom stereocenters. The summed E-state index contributed by atoms with van der Waals surface area (Å²) in [5, 5.41) is 0.375. The largest absolute Gasteiger partial charge is 0.451 e. The van der Waals surface area contributed by atoms with Gasteiger partial charge in [-0.25, -0.2) is 9.78 Å². The Morgan fingerprint density at radius 1 is 1.23 bits per heavy atom. The average Bonchev–Trinajstić information content (AvgIpc) is 2.96. The average molecular weight is 371 g/mol. The summed E-state index contributed by atoms with van der Waals surface area (Å²) < 4.78 is 5.15. The third-order valence-corrected chi connectivity index (χ3v) is 5.11. The van der Waals surface area contributed by atoms with Gasteiger partial charge in [0.05, 0.1) is 5.39 Å². The number of hydrogen-bond donors (Lipinski definition) is 1. The van der Waals surface area contributed by atoms with Gasteiger partial charge in [0.25, 0.3) is 11.5 Å². The minimum absolute atomic E-state index is 0.277. The van der Waals surface area contributed by atoms with Gasteiger partial charge in [-0.1, -0.05) is 18.2 Å². The van der Waals surface area contributed by atoms with Crippen molar-refractivity contribution in [2.45, 2.75) is 13.8 Å². The number of aromatic amines is 1. The fourth-order valence-electron chi connectivity index (χ4n) is 2.53. The Morgan fingerprint density at radius 3 is 2.62 bits per heavy atom. The monoisotopic (exact) mass is 371 g/mol. The summed E-state index contributed by atoms with van der Waals surface area (Å²) in [4.78, 5) is 45.7. The quantitative estimate of drug-likeness (QED) is 0.711. The van der Waals surface area contributed by atoms with Gasteiger partial charge in [-0.15, -0.1) is 11.3 Å². The molecule has 26 heavy (non-hydrogen) atoms. The van der Waals surface area contributed by atoms with Crippen molar-refractivity contribution in [3.8, 4) is 0 Å². The molecule has 0 spiro atoms. The number of likely N-dealkylation sites (N-methyl/N-ethyl adjacent to an activating group) is 1. The van der Waals surface area contributed by atoms with Crippen LogP contribution in [0.25, 0.3) is 10.2 Å². The lowest BCUT2D eigenvalue weighted by molar-refractivity contribution is -0.121. The summed E-state index contributed by atoms with van der Waals surface area (Å²) in [5.41, 5.74) is 0.922. The summed E-state index contributed by atoms with van der Waals surface area (Å²) in [6.07, 6.45) is 0. The molecule has 0 fully saturated rings. The number of nitrogens with zero attached hydrogens (tertiary/aromatic N) is 2. The maximum Gasteiger partial charge on any atom is 0.349 e. The molecule has 1 N–H and O–H groups in total. The van der Waals surface area contributed by atoms with Crippen LogP contribution < -0.4 is 10.5 Å². The topological polar surface area (TPSA) is 92.4 Å². The highest BCUT2D eigenvalue weighted by molar-refractivity contribution is 7.20. The minimum atomic E-state index is -0.641. The predicted octanol–water partition coefficient (Wildman–Crippen LogP) is 2.42. The maximum absolute atomic E-state index is 12.4. The fourth-order valence-corrected chi connectivity index (χ4v) is 3.65. The van der Waals surface area contributed by atoms with Crippen LogP contribution in [0, 0.1) is 13.8 Å². The third kappa shape index (κ3) is 3.36. The first-order chi connectivity index (χ1) is 12.4. The van der Waals surface area contributed by atoms with Gasteiger partial charge in [0.1, 0.15) is 15.5 Å². The molecule has 0 aliphatic heterocycles. The number of benzene rings is 1. The maximum atomic E-state index is 12.4. The van der Waals surface area contributed by atoms with Gasteiger partial charge in [-0.05, 0) is 31.5 Å². The molecule has 8 heteroatoms. The van der Waals surface area contributed by atoms with Gasteiger partial charge < -0.3 is 14.6 Å². The number of rotatable bonds is 4. The molecular weight excluding hydrogens is 354 g/mol. The fraction of sp³-hybridized carbons (Fsp3) is 0.222. The van der Waals surface area contributed by atoms with E-state index in [1.807, 2.05) is 18.2 Å². The zero-order valence-electron chi connectivity index (χ0n) is 14.5. The number of esters is 1. The second kappa shape index (κ2) is 7.09. The second-order valence-electron chi connectivity index (χ2n) is 5.75. The summed E-state index contributed by atoms with van der Waals surface area (Å²) in [6, 6.07) is 9.06. The number of carbonyl (C=O) groups excluding carboxylic acids is 2. The van der Waals surface area contributed by atoms with Gasteiger partial charge in [-0.3, -0.25) is 9.59 Å². The lowest BCUT2D eigenvalue weighted by Crippen LogP contribution is -2.31. The molecule has 7 nitrogen and oxygen atoms in total. The van der Waals surface area contributed by atoms with E-state index in [4.69, 9.17) is 4.74 Å². The van der Waals surface area contributed by atoms with Crippen molar-refractivity contribution in [1.82, 2.24) is 9.97 Å². The molecule has 0 bridgehead atoms. The number of aromatic nitrogens is 2. The summed E-state index contributed by atoms with van der Waals surface area (Å²) >= 11 is 1.09. The lowest BCUT2D eigenvalue weighted by atomic mass is 10.2. The summed E-state index contributed by atoms with van der Waals surface area (Å²) in [6.45, 7) is 2.95. The number of para-hydroxylation sites is 1. The third-order valence-electron chi connectivity index (χ3n) is 3.95. The van der Waals surface area contributed by atoms with Crippen LogP contribution in [0.3, 0.4) is 0 Å². The van der Waals surface area contributed by atoms with Crippen LogP contribution in [-0.4, -0.2) is 35.5 Å². The Kier molecular flexibility index (Phi) is 4.85.